The molecule has 0 amide bonds. The molecule has 0 atom stereocenters. The lowest BCUT2D eigenvalue weighted by Crippen LogP contribution is -2.07. The van der Waals surface area contributed by atoms with Gasteiger partial charge in [0, 0.05) is 22.5 Å². The molecule has 0 aromatic heterocycles. The maximum absolute atomic E-state index is 11.7. The Morgan fingerprint density at radius 1 is 1.17 bits per heavy atom. The first-order valence-corrected chi connectivity index (χ1v) is 7.37. The van der Waals surface area contributed by atoms with Crippen molar-refractivity contribution >= 4 is 17.5 Å². The molecule has 18 heavy (non-hydrogen) atoms. The second-order valence-corrected chi connectivity index (χ2v) is 8.07. The lowest BCUT2D eigenvalue weighted by molar-refractivity contribution is -0.119. The molecule has 1 rings (SSSR count). The van der Waals surface area contributed by atoms with E-state index >= 15 is 0 Å². The Morgan fingerprint density at radius 2 is 1.72 bits per heavy atom. The zero-order chi connectivity index (χ0) is 13.8. The van der Waals surface area contributed by atoms with Crippen LogP contribution in [0.25, 0.3) is 0 Å². The van der Waals surface area contributed by atoms with Crippen LogP contribution >= 0.6 is 11.8 Å². The normalized spacial score (nSPS) is 11.9. The van der Waals surface area contributed by atoms with Crippen LogP contribution in [0, 0.1) is 5.92 Å². The molecule has 0 radical (unpaired) electrons. The summed E-state index contributed by atoms with van der Waals surface area (Å²) in [5.41, 5.74) is 1.12. The van der Waals surface area contributed by atoms with E-state index in [2.05, 4.69) is 58.9 Å². The average molecular weight is 264 g/mol. The van der Waals surface area contributed by atoms with Crippen molar-refractivity contribution in [3.8, 4) is 0 Å². The summed E-state index contributed by atoms with van der Waals surface area (Å²) in [4.78, 5) is 13.0. The van der Waals surface area contributed by atoms with Gasteiger partial charge in [0.15, 0.2) is 0 Å². The van der Waals surface area contributed by atoms with Gasteiger partial charge in [-0.25, -0.2) is 0 Å². The summed E-state index contributed by atoms with van der Waals surface area (Å²) in [5, 5.41) is 0. The Labute approximate surface area is 115 Å². The number of carbonyl (C=O) groups is 1. The Balaban J connectivity index is 2.58. The van der Waals surface area contributed by atoms with Crippen molar-refractivity contribution in [2.75, 3.05) is 0 Å². The molecule has 1 nitrogen and oxygen atoms in total. The van der Waals surface area contributed by atoms with Crippen LogP contribution in [0.3, 0.4) is 0 Å². The van der Waals surface area contributed by atoms with Crippen LogP contribution in [0.1, 0.15) is 46.6 Å². The molecule has 0 unspecified atom stereocenters. The first-order valence-electron chi connectivity index (χ1n) is 6.56. The molecule has 0 N–H and O–H groups in total. The van der Waals surface area contributed by atoms with Crippen LogP contribution in [0.2, 0.25) is 0 Å². The molecule has 100 valence electrons. The fraction of sp³-hybridized carbons (Fsp3) is 0.562. The molecule has 0 heterocycles. The van der Waals surface area contributed by atoms with Crippen molar-refractivity contribution in [2.45, 2.75) is 57.1 Å². The summed E-state index contributed by atoms with van der Waals surface area (Å²) in [6.45, 7) is 10.8. The van der Waals surface area contributed by atoms with E-state index in [1.165, 1.54) is 4.90 Å². The maximum atomic E-state index is 11.7. The van der Waals surface area contributed by atoms with Gasteiger partial charge in [-0.2, -0.15) is 0 Å². The molecule has 0 aliphatic heterocycles. The van der Waals surface area contributed by atoms with Crippen molar-refractivity contribution in [1.29, 1.82) is 0 Å². The SMILES string of the molecule is CC(C)CC(=O)Cc1ccc(SC(C)(C)C)cc1. The number of benzene rings is 1. The third-order valence-corrected chi connectivity index (χ3v) is 3.50. The van der Waals surface area contributed by atoms with Crippen LogP contribution in [0.4, 0.5) is 0 Å². The van der Waals surface area contributed by atoms with Gasteiger partial charge >= 0.3 is 0 Å². The quantitative estimate of drug-likeness (QED) is 0.715. The molecular weight excluding hydrogens is 240 g/mol. The highest BCUT2D eigenvalue weighted by Crippen LogP contribution is 2.31. The van der Waals surface area contributed by atoms with E-state index in [0.717, 1.165) is 5.56 Å². The molecular formula is C16H24OS. The molecule has 0 saturated carbocycles. The third-order valence-electron chi connectivity index (χ3n) is 2.38. The topological polar surface area (TPSA) is 17.1 Å². The Kier molecular flexibility index (Phi) is 5.46. The summed E-state index contributed by atoms with van der Waals surface area (Å²) in [6, 6.07) is 8.39. The highest BCUT2D eigenvalue weighted by molar-refractivity contribution is 8.00. The highest BCUT2D eigenvalue weighted by atomic mass is 32.2. The fourth-order valence-electron chi connectivity index (χ4n) is 1.78. The average Bonchev–Trinajstić information content (AvgIpc) is 2.17. The van der Waals surface area contributed by atoms with E-state index in [-0.39, 0.29) is 4.75 Å². The van der Waals surface area contributed by atoms with Crippen molar-refractivity contribution in [3.63, 3.8) is 0 Å². The molecule has 0 aliphatic rings. The molecule has 0 fully saturated rings. The van der Waals surface area contributed by atoms with E-state index in [1.807, 2.05) is 11.8 Å². The summed E-state index contributed by atoms with van der Waals surface area (Å²) < 4.78 is 0.231. The molecule has 0 spiro atoms. The predicted octanol–water partition coefficient (Wildman–Crippen LogP) is 4.73. The lowest BCUT2D eigenvalue weighted by atomic mass is 10.0. The Hall–Kier alpha value is -0.760. The van der Waals surface area contributed by atoms with Gasteiger partial charge in [-0.05, 0) is 23.6 Å². The molecule has 0 saturated heterocycles. The number of carbonyl (C=O) groups excluding carboxylic acids is 1. The second kappa shape index (κ2) is 6.42. The van der Waals surface area contributed by atoms with Gasteiger partial charge in [-0.3, -0.25) is 4.79 Å². The summed E-state index contributed by atoms with van der Waals surface area (Å²) in [7, 11) is 0. The minimum atomic E-state index is 0.231. The number of hydrogen-bond acceptors (Lipinski definition) is 2. The van der Waals surface area contributed by atoms with Crippen LogP contribution in [0.15, 0.2) is 29.2 Å². The van der Waals surface area contributed by atoms with Gasteiger partial charge in [0.05, 0.1) is 0 Å². The number of Topliss-reactive ketones (excluding diaryl/α,β-unsaturated/α-hetero) is 1. The number of rotatable bonds is 5. The monoisotopic (exact) mass is 264 g/mol. The Morgan fingerprint density at radius 3 is 2.17 bits per heavy atom. The van der Waals surface area contributed by atoms with Gasteiger partial charge in [-0.1, -0.05) is 46.8 Å². The molecule has 0 aliphatic carbocycles. The molecule has 1 aromatic carbocycles. The molecule has 2 heteroatoms. The minimum Gasteiger partial charge on any atom is -0.299 e. The van der Waals surface area contributed by atoms with Crippen molar-refractivity contribution in [1.82, 2.24) is 0 Å². The predicted molar refractivity (Wildman–Crippen MR) is 80.2 cm³/mol. The Bertz CT molecular complexity index is 385. The second-order valence-electron chi connectivity index (χ2n) is 6.17. The summed E-state index contributed by atoms with van der Waals surface area (Å²) in [5.74, 6) is 0.787. The standard InChI is InChI=1S/C16H24OS/c1-12(2)10-14(17)11-13-6-8-15(9-7-13)18-16(3,4)5/h6-9,12H,10-11H2,1-5H3. The van der Waals surface area contributed by atoms with Gasteiger partial charge in [0.1, 0.15) is 5.78 Å². The zero-order valence-corrected chi connectivity index (χ0v) is 12.9. The highest BCUT2D eigenvalue weighted by Gasteiger charge is 2.12. The van der Waals surface area contributed by atoms with Crippen LogP contribution in [0.5, 0.6) is 0 Å². The smallest absolute Gasteiger partial charge is 0.137 e. The van der Waals surface area contributed by atoms with Gasteiger partial charge in [-0.15, -0.1) is 11.8 Å². The van der Waals surface area contributed by atoms with Crippen molar-refractivity contribution in [2.24, 2.45) is 5.92 Å². The van der Waals surface area contributed by atoms with E-state index in [4.69, 9.17) is 0 Å². The first-order chi connectivity index (χ1) is 8.26. The van der Waals surface area contributed by atoms with Crippen molar-refractivity contribution < 1.29 is 4.79 Å². The van der Waals surface area contributed by atoms with E-state index in [1.54, 1.807) is 0 Å². The van der Waals surface area contributed by atoms with E-state index in [9.17, 15) is 4.79 Å². The van der Waals surface area contributed by atoms with Crippen LogP contribution in [-0.2, 0) is 11.2 Å². The number of thioether (sulfide) groups is 1. The van der Waals surface area contributed by atoms with E-state index < -0.39 is 0 Å². The maximum Gasteiger partial charge on any atom is 0.137 e. The first kappa shape index (κ1) is 15.3. The summed E-state index contributed by atoms with van der Waals surface area (Å²) in [6.07, 6.45) is 1.25. The van der Waals surface area contributed by atoms with Gasteiger partial charge < -0.3 is 0 Å². The number of ketones is 1. The third kappa shape index (κ3) is 6.25. The number of hydrogen-bond donors (Lipinski definition) is 0. The fourth-order valence-corrected chi connectivity index (χ4v) is 2.76. The van der Waals surface area contributed by atoms with Crippen LogP contribution < -0.4 is 0 Å². The van der Waals surface area contributed by atoms with Gasteiger partial charge in [0.2, 0.25) is 0 Å². The minimum absolute atomic E-state index is 0.231. The van der Waals surface area contributed by atoms with Crippen LogP contribution in [-0.4, -0.2) is 10.5 Å². The molecule has 0 bridgehead atoms. The van der Waals surface area contributed by atoms with E-state index in [0.29, 0.717) is 24.5 Å². The molecule has 1 aromatic rings. The van der Waals surface area contributed by atoms with Gasteiger partial charge in [0.25, 0.3) is 0 Å². The summed E-state index contributed by atoms with van der Waals surface area (Å²) >= 11 is 1.85. The van der Waals surface area contributed by atoms with Crippen molar-refractivity contribution in [3.05, 3.63) is 29.8 Å². The zero-order valence-electron chi connectivity index (χ0n) is 12.1. The lowest BCUT2D eigenvalue weighted by Gasteiger charge is -2.17. The largest absolute Gasteiger partial charge is 0.299 e.